The van der Waals surface area contributed by atoms with Crippen LogP contribution in [-0.4, -0.2) is 30.0 Å². The molecule has 0 spiro atoms. The monoisotopic (exact) mass is 389 g/mol. The molecular weight excluding hydrogens is 373 g/mol. The Morgan fingerprint density at radius 2 is 2.05 bits per heavy atom. The number of rotatable bonds is 3. The lowest BCUT2D eigenvalue weighted by Gasteiger charge is -2.35. The fourth-order valence-electron chi connectivity index (χ4n) is 2.32. The van der Waals surface area contributed by atoms with Crippen LogP contribution in [0.3, 0.4) is 0 Å². The normalized spacial score (nSPS) is 24.5. The molecule has 2 heterocycles. The second-order valence-corrected chi connectivity index (χ2v) is 5.34. The SMILES string of the molecule is Br.C[C@@H]1CC(F)(F)CN[C@@H]1CNc1ccc(C(F)(F)F)cn1. The van der Waals surface area contributed by atoms with Gasteiger partial charge in [0, 0.05) is 25.2 Å². The molecule has 9 heteroatoms. The third kappa shape index (κ3) is 5.05. The van der Waals surface area contributed by atoms with Crippen molar-refractivity contribution in [3.05, 3.63) is 23.9 Å². The highest BCUT2D eigenvalue weighted by atomic mass is 79.9. The summed E-state index contributed by atoms with van der Waals surface area (Å²) in [5, 5.41) is 5.61. The number of alkyl halides is 5. The summed E-state index contributed by atoms with van der Waals surface area (Å²) in [6.07, 6.45) is -3.88. The third-order valence-electron chi connectivity index (χ3n) is 3.52. The highest BCUT2D eigenvalue weighted by Gasteiger charge is 2.39. The van der Waals surface area contributed by atoms with Crippen molar-refractivity contribution in [3.63, 3.8) is 0 Å². The van der Waals surface area contributed by atoms with Crippen LogP contribution in [0.5, 0.6) is 0 Å². The Kier molecular flexibility index (Phi) is 6.14. The van der Waals surface area contributed by atoms with Crippen LogP contribution in [0.4, 0.5) is 27.8 Å². The Hall–Kier alpha value is -0.960. The van der Waals surface area contributed by atoms with Gasteiger partial charge in [0.15, 0.2) is 0 Å². The molecule has 0 saturated carbocycles. The molecule has 22 heavy (non-hydrogen) atoms. The minimum Gasteiger partial charge on any atom is -0.369 e. The first-order valence-electron chi connectivity index (χ1n) is 6.56. The Labute approximate surface area is 135 Å². The van der Waals surface area contributed by atoms with E-state index < -0.39 is 17.7 Å². The lowest BCUT2D eigenvalue weighted by Crippen LogP contribution is -2.52. The zero-order valence-corrected chi connectivity index (χ0v) is 13.5. The maximum atomic E-state index is 13.1. The van der Waals surface area contributed by atoms with E-state index in [4.69, 9.17) is 0 Å². The van der Waals surface area contributed by atoms with Gasteiger partial charge in [0.1, 0.15) is 5.82 Å². The van der Waals surface area contributed by atoms with E-state index in [-0.39, 0.29) is 47.7 Å². The molecule has 1 aliphatic rings. The zero-order chi connectivity index (χ0) is 15.7. The highest BCUT2D eigenvalue weighted by Crippen LogP contribution is 2.30. The van der Waals surface area contributed by atoms with Crippen LogP contribution in [0.2, 0.25) is 0 Å². The Morgan fingerprint density at radius 1 is 1.36 bits per heavy atom. The van der Waals surface area contributed by atoms with Crippen molar-refractivity contribution in [2.45, 2.75) is 31.5 Å². The van der Waals surface area contributed by atoms with Crippen LogP contribution in [-0.2, 0) is 6.18 Å². The Morgan fingerprint density at radius 3 is 2.55 bits per heavy atom. The fraction of sp³-hybridized carbons (Fsp3) is 0.615. The van der Waals surface area contributed by atoms with Gasteiger partial charge in [-0.2, -0.15) is 13.2 Å². The smallest absolute Gasteiger partial charge is 0.369 e. The van der Waals surface area contributed by atoms with Crippen molar-refractivity contribution in [3.8, 4) is 0 Å². The van der Waals surface area contributed by atoms with Crippen LogP contribution >= 0.6 is 17.0 Å². The number of aromatic nitrogens is 1. The summed E-state index contributed by atoms with van der Waals surface area (Å²) in [4.78, 5) is 3.68. The van der Waals surface area contributed by atoms with E-state index in [1.165, 1.54) is 6.07 Å². The average Bonchev–Trinajstić information content (AvgIpc) is 2.36. The van der Waals surface area contributed by atoms with E-state index in [1.807, 2.05) is 0 Å². The quantitative estimate of drug-likeness (QED) is 0.773. The Bertz CT molecular complexity index is 478. The van der Waals surface area contributed by atoms with Gasteiger partial charge >= 0.3 is 6.18 Å². The van der Waals surface area contributed by atoms with Gasteiger partial charge in [0.25, 0.3) is 5.92 Å². The van der Waals surface area contributed by atoms with Crippen LogP contribution in [0.25, 0.3) is 0 Å². The Balaban J connectivity index is 0.00000242. The highest BCUT2D eigenvalue weighted by molar-refractivity contribution is 8.93. The molecule has 1 aliphatic heterocycles. The van der Waals surface area contributed by atoms with Gasteiger partial charge in [-0.15, -0.1) is 17.0 Å². The molecular formula is C13H17BrF5N3. The number of piperidine rings is 1. The summed E-state index contributed by atoms with van der Waals surface area (Å²) in [7, 11) is 0. The molecule has 0 bridgehead atoms. The average molecular weight is 390 g/mol. The minimum absolute atomic E-state index is 0. The zero-order valence-electron chi connectivity index (χ0n) is 11.8. The summed E-state index contributed by atoms with van der Waals surface area (Å²) in [5.41, 5.74) is -0.822. The summed E-state index contributed by atoms with van der Waals surface area (Å²) < 4.78 is 63.4. The first kappa shape index (κ1) is 19.1. The van der Waals surface area contributed by atoms with Gasteiger partial charge in [-0.3, -0.25) is 0 Å². The van der Waals surface area contributed by atoms with Gasteiger partial charge in [-0.05, 0) is 18.1 Å². The van der Waals surface area contributed by atoms with Gasteiger partial charge in [-0.1, -0.05) is 6.92 Å². The van der Waals surface area contributed by atoms with E-state index in [2.05, 4.69) is 15.6 Å². The first-order chi connectivity index (χ1) is 9.67. The predicted molar refractivity (Wildman–Crippen MR) is 78.6 cm³/mol. The number of hydrogen-bond acceptors (Lipinski definition) is 3. The molecule has 2 rings (SSSR count). The lowest BCUT2D eigenvalue weighted by atomic mass is 9.90. The number of anilines is 1. The van der Waals surface area contributed by atoms with Gasteiger partial charge in [0.05, 0.1) is 12.1 Å². The standard InChI is InChI=1S/C13H16F5N3.BrH/c1-8-4-12(14,15)7-21-10(8)6-20-11-3-2-9(5-19-11)13(16,17)18;/h2-3,5,8,10,21H,4,6-7H2,1H3,(H,19,20);1H/t8-,10-;/m1./s1. The minimum atomic E-state index is -4.42. The third-order valence-corrected chi connectivity index (χ3v) is 3.52. The molecule has 0 radical (unpaired) electrons. The summed E-state index contributed by atoms with van der Waals surface area (Å²) in [6, 6.07) is 1.99. The maximum absolute atomic E-state index is 13.1. The van der Waals surface area contributed by atoms with Crippen LogP contribution < -0.4 is 10.6 Å². The van der Waals surface area contributed by atoms with Crippen LogP contribution in [0.15, 0.2) is 18.3 Å². The fourth-order valence-corrected chi connectivity index (χ4v) is 2.32. The summed E-state index contributed by atoms with van der Waals surface area (Å²) >= 11 is 0. The molecule has 0 aliphatic carbocycles. The van der Waals surface area contributed by atoms with Crippen molar-refractivity contribution in [1.29, 1.82) is 0 Å². The largest absolute Gasteiger partial charge is 0.417 e. The number of hydrogen-bond donors (Lipinski definition) is 2. The van der Waals surface area contributed by atoms with E-state index in [1.54, 1.807) is 6.92 Å². The van der Waals surface area contributed by atoms with Crippen molar-refractivity contribution in [2.24, 2.45) is 5.92 Å². The molecule has 0 aromatic carbocycles. The predicted octanol–water partition coefficient (Wildman–Crippen LogP) is 3.72. The van der Waals surface area contributed by atoms with Crippen LogP contribution in [0.1, 0.15) is 18.9 Å². The molecule has 1 saturated heterocycles. The van der Waals surface area contributed by atoms with E-state index in [0.717, 1.165) is 12.3 Å². The summed E-state index contributed by atoms with van der Waals surface area (Å²) in [5.74, 6) is -2.66. The van der Waals surface area contributed by atoms with Gasteiger partial charge in [0.2, 0.25) is 0 Å². The van der Waals surface area contributed by atoms with Crippen molar-refractivity contribution in [2.75, 3.05) is 18.4 Å². The van der Waals surface area contributed by atoms with Gasteiger partial charge in [-0.25, -0.2) is 13.8 Å². The molecule has 2 N–H and O–H groups in total. The number of pyridine rings is 1. The molecule has 1 aromatic heterocycles. The number of nitrogens with one attached hydrogen (secondary N) is 2. The molecule has 2 atom stereocenters. The summed E-state index contributed by atoms with van der Waals surface area (Å²) in [6.45, 7) is 1.66. The van der Waals surface area contributed by atoms with Crippen molar-refractivity contribution < 1.29 is 22.0 Å². The van der Waals surface area contributed by atoms with E-state index in [9.17, 15) is 22.0 Å². The second kappa shape index (κ2) is 7.08. The molecule has 0 unspecified atom stereocenters. The maximum Gasteiger partial charge on any atom is 0.417 e. The van der Waals surface area contributed by atoms with Gasteiger partial charge < -0.3 is 10.6 Å². The van der Waals surface area contributed by atoms with Crippen molar-refractivity contribution >= 4 is 22.8 Å². The van der Waals surface area contributed by atoms with E-state index in [0.29, 0.717) is 6.54 Å². The number of halogens is 6. The number of nitrogens with zero attached hydrogens (tertiary/aromatic N) is 1. The molecule has 1 aromatic rings. The van der Waals surface area contributed by atoms with Crippen molar-refractivity contribution in [1.82, 2.24) is 10.3 Å². The molecule has 126 valence electrons. The molecule has 3 nitrogen and oxygen atoms in total. The topological polar surface area (TPSA) is 37.0 Å². The van der Waals surface area contributed by atoms with E-state index >= 15 is 0 Å². The van der Waals surface area contributed by atoms with Crippen LogP contribution in [0, 0.1) is 5.92 Å². The lowest BCUT2D eigenvalue weighted by molar-refractivity contribution is -0.137. The first-order valence-corrected chi connectivity index (χ1v) is 6.56. The molecule has 1 fully saturated rings. The molecule has 0 amide bonds. The second-order valence-electron chi connectivity index (χ2n) is 5.34.